The SMILES string of the molecule is CCOc1ccc(CN2CCCCC2c2ncc(C(=O)Nc3ccc(F)cc3)c(C)n2)cc1. The number of carbonyl (C=O) groups excluding carboxylic acids is 1. The first-order valence-corrected chi connectivity index (χ1v) is 11.4. The smallest absolute Gasteiger partial charge is 0.259 e. The van der Waals surface area contributed by atoms with Crippen LogP contribution in [0.4, 0.5) is 10.1 Å². The van der Waals surface area contributed by atoms with Gasteiger partial charge in [-0.15, -0.1) is 0 Å². The Labute approximate surface area is 193 Å². The van der Waals surface area contributed by atoms with Crippen LogP contribution in [0.3, 0.4) is 0 Å². The molecule has 172 valence electrons. The van der Waals surface area contributed by atoms with E-state index >= 15 is 0 Å². The molecule has 2 aromatic carbocycles. The minimum Gasteiger partial charge on any atom is -0.494 e. The van der Waals surface area contributed by atoms with E-state index in [-0.39, 0.29) is 17.8 Å². The lowest BCUT2D eigenvalue weighted by Crippen LogP contribution is -2.34. The highest BCUT2D eigenvalue weighted by molar-refractivity contribution is 6.04. The van der Waals surface area contributed by atoms with E-state index in [0.717, 1.165) is 43.9 Å². The van der Waals surface area contributed by atoms with Crippen molar-refractivity contribution in [2.24, 2.45) is 0 Å². The van der Waals surface area contributed by atoms with Crippen LogP contribution in [0.25, 0.3) is 0 Å². The summed E-state index contributed by atoms with van der Waals surface area (Å²) in [6.45, 7) is 6.25. The predicted molar refractivity (Wildman–Crippen MR) is 126 cm³/mol. The zero-order chi connectivity index (χ0) is 23.2. The Morgan fingerprint density at radius 2 is 1.91 bits per heavy atom. The van der Waals surface area contributed by atoms with Gasteiger partial charge in [0, 0.05) is 18.4 Å². The summed E-state index contributed by atoms with van der Waals surface area (Å²) in [5, 5.41) is 2.77. The van der Waals surface area contributed by atoms with Gasteiger partial charge in [-0.05, 0) is 75.2 Å². The molecular weight excluding hydrogens is 419 g/mol. The summed E-state index contributed by atoms with van der Waals surface area (Å²) in [5.74, 6) is 0.973. The van der Waals surface area contributed by atoms with Gasteiger partial charge in [-0.25, -0.2) is 14.4 Å². The number of hydrogen-bond donors (Lipinski definition) is 1. The fourth-order valence-electron chi connectivity index (χ4n) is 4.17. The summed E-state index contributed by atoms with van der Waals surface area (Å²) in [4.78, 5) is 24.4. The zero-order valence-electron chi connectivity index (χ0n) is 19.1. The molecule has 1 fully saturated rings. The highest BCUT2D eigenvalue weighted by Gasteiger charge is 2.27. The van der Waals surface area contributed by atoms with Gasteiger partial charge in [0.2, 0.25) is 0 Å². The van der Waals surface area contributed by atoms with E-state index in [0.29, 0.717) is 23.6 Å². The number of piperidine rings is 1. The number of amides is 1. The Balaban J connectivity index is 1.47. The molecule has 33 heavy (non-hydrogen) atoms. The number of anilines is 1. The van der Waals surface area contributed by atoms with Crippen molar-refractivity contribution in [1.82, 2.24) is 14.9 Å². The normalized spacial score (nSPS) is 16.4. The van der Waals surface area contributed by atoms with E-state index < -0.39 is 0 Å². The molecule has 3 aromatic rings. The Kier molecular flexibility index (Phi) is 7.29. The first-order valence-electron chi connectivity index (χ1n) is 11.4. The fourth-order valence-corrected chi connectivity index (χ4v) is 4.17. The summed E-state index contributed by atoms with van der Waals surface area (Å²) < 4.78 is 18.7. The monoisotopic (exact) mass is 448 g/mol. The molecule has 2 heterocycles. The minimum atomic E-state index is -0.348. The average Bonchev–Trinajstić information content (AvgIpc) is 2.82. The average molecular weight is 449 g/mol. The van der Waals surface area contributed by atoms with Crippen LogP contribution in [0.5, 0.6) is 5.75 Å². The van der Waals surface area contributed by atoms with E-state index in [1.807, 2.05) is 26.0 Å². The summed E-state index contributed by atoms with van der Waals surface area (Å²) in [5.41, 5.74) is 2.79. The highest BCUT2D eigenvalue weighted by Crippen LogP contribution is 2.31. The fraction of sp³-hybridized carbons (Fsp3) is 0.346. The van der Waals surface area contributed by atoms with E-state index in [1.54, 1.807) is 6.20 Å². The molecular formula is C26H29FN4O2. The highest BCUT2D eigenvalue weighted by atomic mass is 19.1. The maximum atomic E-state index is 13.1. The summed E-state index contributed by atoms with van der Waals surface area (Å²) in [6, 6.07) is 14.0. The van der Waals surface area contributed by atoms with E-state index in [1.165, 1.54) is 29.8 Å². The van der Waals surface area contributed by atoms with Crippen molar-refractivity contribution in [1.29, 1.82) is 0 Å². The molecule has 1 aliphatic rings. The second-order valence-corrected chi connectivity index (χ2v) is 8.25. The van der Waals surface area contributed by atoms with Crippen LogP contribution in [0.1, 0.15) is 59.7 Å². The largest absolute Gasteiger partial charge is 0.494 e. The summed E-state index contributed by atoms with van der Waals surface area (Å²) in [6.07, 6.45) is 4.85. The molecule has 1 unspecified atom stereocenters. The van der Waals surface area contributed by atoms with Gasteiger partial charge in [0.25, 0.3) is 5.91 Å². The molecule has 0 aliphatic carbocycles. The molecule has 7 heteroatoms. The molecule has 0 bridgehead atoms. The van der Waals surface area contributed by atoms with Crippen LogP contribution in [-0.2, 0) is 6.54 Å². The van der Waals surface area contributed by atoms with Crippen molar-refractivity contribution in [3.8, 4) is 5.75 Å². The number of likely N-dealkylation sites (tertiary alicyclic amines) is 1. The first kappa shape index (κ1) is 22.9. The molecule has 0 saturated carbocycles. The number of nitrogens with zero attached hydrogens (tertiary/aromatic N) is 3. The summed E-state index contributed by atoms with van der Waals surface area (Å²) >= 11 is 0. The van der Waals surface area contributed by atoms with Gasteiger partial charge >= 0.3 is 0 Å². The number of aryl methyl sites for hydroxylation is 1. The van der Waals surface area contributed by atoms with Gasteiger partial charge in [-0.1, -0.05) is 18.6 Å². The molecule has 0 radical (unpaired) electrons. The molecule has 1 saturated heterocycles. The van der Waals surface area contributed by atoms with E-state index in [4.69, 9.17) is 9.72 Å². The van der Waals surface area contributed by atoms with Crippen LogP contribution in [0, 0.1) is 12.7 Å². The Morgan fingerprint density at radius 1 is 1.15 bits per heavy atom. The quantitative estimate of drug-likeness (QED) is 0.531. The first-order chi connectivity index (χ1) is 16.0. The second-order valence-electron chi connectivity index (χ2n) is 8.25. The van der Waals surface area contributed by atoms with Gasteiger partial charge in [0.1, 0.15) is 17.4 Å². The minimum absolute atomic E-state index is 0.109. The Morgan fingerprint density at radius 3 is 2.61 bits per heavy atom. The van der Waals surface area contributed by atoms with Crippen LogP contribution in [0.15, 0.2) is 54.7 Å². The number of benzene rings is 2. The van der Waals surface area contributed by atoms with Crippen molar-refractivity contribution in [2.45, 2.75) is 45.7 Å². The number of rotatable bonds is 7. The van der Waals surface area contributed by atoms with Crippen molar-refractivity contribution in [3.05, 3.63) is 83.2 Å². The molecule has 4 rings (SSSR count). The van der Waals surface area contributed by atoms with Gasteiger partial charge in [0.15, 0.2) is 0 Å². The predicted octanol–water partition coefficient (Wildman–Crippen LogP) is 5.30. The van der Waals surface area contributed by atoms with Crippen molar-refractivity contribution in [3.63, 3.8) is 0 Å². The molecule has 1 atom stereocenters. The maximum absolute atomic E-state index is 13.1. The zero-order valence-corrected chi connectivity index (χ0v) is 19.1. The lowest BCUT2D eigenvalue weighted by molar-refractivity contribution is 0.102. The Hall–Kier alpha value is -3.32. The third-order valence-corrected chi connectivity index (χ3v) is 5.88. The van der Waals surface area contributed by atoms with Gasteiger partial charge < -0.3 is 10.1 Å². The van der Waals surface area contributed by atoms with E-state index in [2.05, 4.69) is 27.3 Å². The number of nitrogens with one attached hydrogen (secondary N) is 1. The number of hydrogen-bond acceptors (Lipinski definition) is 5. The summed E-state index contributed by atoms with van der Waals surface area (Å²) in [7, 11) is 0. The second kappa shape index (κ2) is 10.5. The van der Waals surface area contributed by atoms with Gasteiger partial charge in [-0.3, -0.25) is 9.69 Å². The molecule has 1 aliphatic heterocycles. The third-order valence-electron chi connectivity index (χ3n) is 5.88. The van der Waals surface area contributed by atoms with Gasteiger partial charge in [-0.2, -0.15) is 0 Å². The van der Waals surface area contributed by atoms with Crippen molar-refractivity contribution in [2.75, 3.05) is 18.5 Å². The lowest BCUT2D eigenvalue weighted by Gasteiger charge is -2.34. The standard InChI is InChI=1S/C26H29FN4O2/c1-3-33-22-13-7-19(8-14-22)17-31-15-5-4-6-24(31)25-28-16-23(18(2)29-25)26(32)30-21-11-9-20(27)10-12-21/h7-14,16,24H,3-6,15,17H2,1-2H3,(H,30,32). The number of carbonyl (C=O) groups is 1. The van der Waals surface area contributed by atoms with Crippen LogP contribution in [0.2, 0.25) is 0 Å². The van der Waals surface area contributed by atoms with Crippen LogP contribution >= 0.6 is 0 Å². The topological polar surface area (TPSA) is 67.3 Å². The van der Waals surface area contributed by atoms with Gasteiger partial charge in [0.05, 0.1) is 23.9 Å². The third kappa shape index (κ3) is 5.73. The molecule has 1 aromatic heterocycles. The van der Waals surface area contributed by atoms with Crippen molar-refractivity contribution >= 4 is 11.6 Å². The maximum Gasteiger partial charge on any atom is 0.259 e. The number of aromatic nitrogens is 2. The van der Waals surface area contributed by atoms with Crippen LogP contribution < -0.4 is 10.1 Å². The number of ether oxygens (including phenoxy) is 1. The molecule has 1 amide bonds. The van der Waals surface area contributed by atoms with Crippen molar-refractivity contribution < 1.29 is 13.9 Å². The molecule has 6 nitrogen and oxygen atoms in total. The Bertz CT molecular complexity index is 1090. The molecule has 0 spiro atoms. The molecule has 1 N–H and O–H groups in total. The number of halogens is 1. The lowest BCUT2D eigenvalue weighted by atomic mass is 10.00. The van der Waals surface area contributed by atoms with Crippen LogP contribution in [-0.4, -0.2) is 33.9 Å². The van der Waals surface area contributed by atoms with E-state index in [9.17, 15) is 9.18 Å².